The zero-order valence-corrected chi connectivity index (χ0v) is 14.8. The molecule has 116 valence electrons. The van der Waals surface area contributed by atoms with Crippen molar-refractivity contribution in [1.82, 2.24) is 0 Å². The molecule has 1 spiro atoms. The van der Waals surface area contributed by atoms with E-state index in [0.29, 0.717) is 12.0 Å². The van der Waals surface area contributed by atoms with Crippen molar-refractivity contribution in [2.75, 3.05) is 5.33 Å². The number of halogens is 2. The van der Waals surface area contributed by atoms with Gasteiger partial charge in [0.2, 0.25) is 0 Å². The van der Waals surface area contributed by atoms with Crippen LogP contribution in [0.2, 0.25) is 5.02 Å². The predicted octanol–water partition coefficient (Wildman–Crippen LogP) is 5.78. The zero-order chi connectivity index (χ0) is 14.7. The van der Waals surface area contributed by atoms with E-state index in [9.17, 15) is 0 Å². The molecular formula is C18H24BrClO. The third kappa shape index (κ3) is 4.03. The average Bonchev–Trinajstić information content (AvgIpc) is 3.09. The van der Waals surface area contributed by atoms with Crippen molar-refractivity contribution < 1.29 is 4.74 Å². The number of ether oxygens (including phenoxy) is 1. The molecule has 1 aromatic rings. The molecule has 1 nitrogen and oxygen atoms in total. The minimum Gasteiger partial charge on any atom is -0.372 e. The van der Waals surface area contributed by atoms with Crippen LogP contribution in [0.5, 0.6) is 0 Å². The van der Waals surface area contributed by atoms with Gasteiger partial charge in [0.1, 0.15) is 0 Å². The lowest BCUT2D eigenvalue weighted by Gasteiger charge is -2.25. The Bertz CT molecular complexity index is 470. The largest absolute Gasteiger partial charge is 0.372 e. The Kier molecular flexibility index (Phi) is 5.29. The lowest BCUT2D eigenvalue weighted by Crippen LogP contribution is -2.26. The molecule has 2 unspecified atom stereocenters. The smallest absolute Gasteiger partial charge is 0.0687 e. The molecule has 21 heavy (non-hydrogen) atoms. The minimum atomic E-state index is 0.261. The van der Waals surface area contributed by atoms with Gasteiger partial charge in [-0.3, -0.25) is 0 Å². The van der Waals surface area contributed by atoms with Crippen molar-refractivity contribution in [2.45, 2.75) is 63.1 Å². The van der Waals surface area contributed by atoms with Gasteiger partial charge in [-0.25, -0.2) is 0 Å². The first kappa shape index (κ1) is 15.8. The first-order chi connectivity index (χ1) is 10.2. The Morgan fingerprint density at radius 1 is 1.29 bits per heavy atom. The molecule has 3 heteroatoms. The third-order valence-corrected chi connectivity index (χ3v) is 6.23. The average molecular weight is 372 g/mol. The summed E-state index contributed by atoms with van der Waals surface area (Å²) in [5.74, 6) is 0.630. The summed E-state index contributed by atoms with van der Waals surface area (Å²) in [5, 5.41) is 1.87. The maximum atomic E-state index is 6.46. The molecule has 0 N–H and O–H groups in total. The highest BCUT2D eigenvalue weighted by Gasteiger charge is 2.42. The van der Waals surface area contributed by atoms with Crippen LogP contribution in [0.25, 0.3) is 0 Å². The molecule has 0 bridgehead atoms. The van der Waals surface area contributed by atoms with Gasteiger partial charge in [-0.05, 0) is 62.1 Å². The van der Waals surface area contributed by atoms with Gasteiger partial charge in [0.05, 0.1) is 11.7 Å². The molecule has 2 atom stereocenters. The highest BCUT2D eigenvalue weighted by molar-refractivity contribution is 9.09. The van der Waals surface area contributed by atoms with Crippen molar-refractivity contribution in [2.24, 2.45) is 5.92 Å². The van der Waals surface area contributed by atoms with Crippen LogP contribution in [0.4, 0.5) is 0 Å². The van der Waals surface area contributed by atoms with Crippen LogP contribution >= 0.6 is 27.5 Å². The standard InChI is InChI=1S/C18H24BrClO/c19-13-15(10-14-4-3-5-16(20)11-14)12-17-6-9-18(21-17)7-1-2-8-18/h3-5,11,15,17H,1-2,6-10,12-13H2. The fourth-order valence-electron chi connectivity index (χ4n) is 4.02. The summed E-state index contributed by atoms with van der Waals surface area (Å²) in [5.41, 5.74) is 1.60. The zero-order valence-electron chi connectivity index (χ0n) is 12.5. The Morgan fingerprint density at radius 2 is 2.10 bits per heavy atom. The maximum absolute atomic E-state index is 6.46. The Hall–Kier alpha value is -0.0500. The second-order valence-electron chi connectivity index (χ2n) is 6.76. The summed E-state index contributed by atoms with van der Waals surface area (Å²) in [6, 6.07) is 8.25. The summed E-state index contributed by atoms with van der Waals surface area (Å²) in [6.07, 6.45) is 10.5. The molecule has 0 radical (unpaired) electrons. The minimum absolute atomic E-state index is 0.261. The molecule has 1 saturated carbocycles. The number of hydrogen-bond donors (Lipinski definition) is 0. The van der Waals surface area contributed by atoms with E-state index in [2.05, 4.69) is 28.1 Å². The topological polar surface area (TPSA) is 9.23 Å². The van der Waals surface area contributed by atoms with Gasteiger partial charge in [0.25, 0.3) is 0 Å². The molecule has 2 fully saturated rings. The third-order valence-electron chi connectivity index (χ3n) is 5.08. The monoisotopic (exact) mass is 370 g/mol. The number of rotatable bonds is 5. The van der Waals surface area contributed by atoms with Crippen molar-refractivity contribution in [3.63, 3.8) is 0 Å². The summed E-state index contributed by atoms with van der Waals surface area (Å²) in [4.78, 5) is 0. The van der Waals surface area contributed by atoms with E-state index in [0.717, 1.165) is 16.8 Å². The van der Waals surface area contributed by atoms with E-state index in [1.807, 2.05) is 12.1 Å². The molecule has 1 aliphatic carbocycles. The fraction of sp³-hybridized carbons (Fsp3) is 0.667. The molecule has 3 rings (SSSR count). The second-order valence-corrected chi connectivity index (χ2v) is 7.84. The molecule has 1 aliphatic heterocycles. The van der Waals surface area contributed by atoms with Crippen LogP contribution in [0, 0.1) is 5.92 Å². The Labute approximate surface area is 141 Å². The van der Waals surface area contributed by atoms with E-state index in [1.165, 1.54) is 50.5 Å². The Morgan fingerprint density at radius 3 is 2.81 bits per heavy atom. The van der Waals surface area contributed by atoms with E-state index in [4.69, 9.17) is 16.3 Å². The first-order valence-electron chi connectivity index (χ1n) is 8.17. The molecular weight excluding hydrogens is 348 g/mol. The quantitative estimate of drug-likeness (QED) is 0.596. The van der Waals surface area contributed by atoms with Crippen molar-refractivity contribution in [1.29, 1.82) is 0 Å². The normalized spacial score (nSPS) is 25.5. The molecule has 1 aromatic carbocycles. The Balaban J connectivity index is 1.55. The number of alkyl halides is 1. The molecule has 1 saturated heterocycles. The van der Waals surface area contributed by atoms with Crippen LogP contribution in [-0.2, 0) is 11.2 Å². The van der Waals surface area contributed by atoms with Gasteiger partial charge in [-0.1, -0.05) is 52.5 Å². The number of hydrogen-bond acceptors (Lipinski definition) is 1. The van der Waals surface area contributed by atoms with Gasteiger partial charge in [0.15, 0.2) is 0 Å². The van der Waals surface area contributed by atoms with Crippen LogP contribution < -0.4 is 0 Å². The number of benzene rings is 1. The van der Waals surface area contributed by atoms with Crippen LogP contribution in [-0.4, -0.2) is 17.0 Å². The highest BCUT2D eigenvalue weighted by Crippen LogP contribution is 2.44. The van der Waals surface area contributed by atoms with Gasteiger partial charge in [-0.15, -0.1) is 0 Å². The lowest BCUT2D eigenvalue weighted by atomic mass is 9.93. The van der Waals surface area contributed by atoms with Crippen molar-refractivity contribution in [3.8, 4) is 0 Å². The van der Waals surface area contributed by atoms with E-state index >= 15 is 0 Å². The maximum Gasteiger partial charge on any atom is 0.0687 e. The highest BCUT2D eigenvalue weighted by atomic mass is 79.9. The van der Waals surface area contributed by atoms with E-state index in [1.54, 1.807) is 0 Å². The van der Waals surface area contributed by atoms with E-state index in [-0.39, 0.29) is 5.60 Å². The SMILES string of the molecule is Clc1cccc(CC(CBr)CC2CCC3(CCCC3)O2)c1. The van der Waals surface area contributed by atoms with Crippen molar-refractivity contribution in [3.05, 3.63) is 34.9 Å². The van der Waals surface area contributed by atoms with Crippen LogP contribution in [0.3, 0.4) is 0 Å². The van der Waals surface area contributed by atoms with Gasteiger partial charge in [-0.2, -0.15) is 0 Å². The van der Waals surface area contributed by atoms with Crippen LogP contribution in [0.1, 0.15) is 50.5 Å². The van der Waals surface area contributed by atoms with Crippen molar-refractivity contribution >= 4 is 27.5 Å². The van der Waals surface area contributed by atoms with Gasteiger partial charge in [0, 0.05) is 10.4 Å². The molecule has 0 aromatic heterocycles. The second kappa shape index (κ2) is 7.02. The summed E-state index contributed by atoms with van der Waals surface area (Å²) < 4.78 is 6.46. The van der Waals surface area contributed by atoms with Crippen LogP contribution in [0.15, 0.2) is 24.3 Å². The van der Waals surface area contributed by atoms with Gasteiger partial charge >= 0.3 is 0 Å². The summed E-state index contributed by atoms with van der Waals surface area (Å²) in [6.45, 7) is 0. The molecule has 1 heterocycles. The first-order valence-corrected chi connectivity index (χ1v) is 9.67. The molecule has 2 aliphatic rings. The predicted molar refractivity (Wildman–Crippen MR) is 92.4 cm³/mol. The lowest BCUT2D eigenvalue weighted by molar-refractivity contribution is -0.0431. The fourth-order valence-corrected chi connectivity index (χ4v) is 4.72. The summed E-state index contributed by atoms with van der Waals surface area (Å²) in [7, 11) is 0. The van der Waals surface area contributed by atoms with E-state index < -0.39 is 0 Å². The summed E-state index contributed by atoms with van der Waals surface area (Å²) >= 11 is 9.77. The van der Waals surface area contributed by atoms with Gasteiger partial charge < -0.3 is 4.74 Å². The molecule has 0 amide bonds.